The van der Waals surface area contributed by atoms with E-state index in [-0.39, 0.29) is 24.8 Å². The predicted octanol–water partition coefficient (Wildman–Crippen LogP) is 2.88. The number of carbonyl (C=O) groups excluding carboxylic acids is 3. The third-order valence-corrected chi connectivity index (χ3v) is 6.76. The molecule has 188 valence electrons. The molecule has 37 heavy (non-hydrogen) atoms. The van der Waals surface area contributed by atoms with Crippen LogP contribution in [0.5, 0.6) is 5.75 Å². The number of hydrogen-bond donors (Lipinski definition) is 3. The Hall–Kier alpha value is -4.87. The highest BCUT2D eigenvalue weighted by atomic mass is 16.5. The number of carbonyl (C=O) groups is 3. The summed E-state index contributed by atoms with van der Waals surface area (Å²) in [4.78, 5) is 44.6. The maximum atomic E-state index is 13.2. The van der Waals surface area contributed by atoms with Crippen molar-refractivity contribution < 1.29 is 28.1 Å². The number of ether oxygens (including phenoxy) is 1. The summed E-state index contributed by atoms with van der Waals surface area (Å²) in [6.07, 6.45) is 0. The van der Waals surface area contributed by atoms with Gasteiger partial charge in [0.1, 0.15) is 22.8 Å². The average molecular weight is 502 g/mol. The first-order valence-electron chi connectivity index (χ1n) is 11.5. The van der Waals surface area contributed by atoms with E-state index in [4.69, 9.17) is 13.7 Å². The molecule has 0 unspecified atom stereocenters. The quantitative estimate of drug-likeness (QED) is 0.338. The van der Waals surface area contributed by atoms with Crippen molar-refractivity contribution in [1.82, 2.24) is 25.7 Å². The number of pyridine rings is 1. The molecule has 0 bridgehead atoms. The first kappa shape index (κ1) is 22.6. The fraction of sp³-hybridized carbons (Fsp3) is 0.240. The minimum Gasteiger partial charge on any atom is -0.497 e. The Bertz CT molecular complexity index is 1610. The number of urea groups is 1. The normalized spacial score (nSPS) is 18.8. The van der Waals surface area contributed by atoms with E-state index >= 15 is 0 Å². The third kappa shape index (κ3) is 3.56. The van der Waals surface area contributed by atoms with Gasteiger partial charge in [-0.05, 0) is 43.7 Å². The van der Waals surface area contributed by atoms with Crippen molar-refractivity contribution in [3.8, 4) is 5.75 Å². The van der Waals surface area contributed by atoms with Crippen molar-refractivity contribution in [2.45, 2.75) is 25.9 Å². The van der Waals surface area contributed by atoms with Crippen LogP contribution >= 0.6 is 0 Å². The Morgan fingerprint density at radius 2 is 2.00 bits per heavy atom. The average Bonchev–Trinajstić information content (AvgIpc) is 3.61. The van der Waals surface area contributed by atoms with Crippen LogP contribution < -0.4 is 20.7 Å². The molecule has 1 fully saturated rings. The van der Waals surface area contributed by atoms with Gasteiger partial charge in [0, 0.05) is 23.7 Å². The SMILES string of the molecule is COc1ccc2c(c1)C(=O)N(C[C@@]1(c3cc4nc(Nc5onc(C)c5C)ccc4o3)NC(=O)NC1=O)C2. The monoisotopic (exact) mass is 502 g/mol. The molecular weight excluding hydrogens is 480 g/mol. The first-order chi connectivity index (χ1) is 17.8. The number of fused-ring (bicyclic) bond motifs is 2. The summed E-state index contributed by atoms with van der Waals surface area (Å²) in [5.41, 5.74) is 2.11. The van der Waals surface area contributed by atoms with Crippen LogP contribution in [0, 0.1) is 13.8 Å². The van der Waals surface area contributed by atoms with Gasteiger partial charge in [0.2, 0.25) is 5.88 Å². The Morgan fingerprint density at radius 3 is 2.70 bits per heavy atom. The lowest BCUT2D eigenvalue weighted by Gasteiger charge is -2.28. The zero-order valence-corrected chi connectivity index (χ0v) is 20.2. The lowest BCUT2D eigenvalue weighted by atomic mass is 9.95. The summed E-state index contributed by atoms with van der Waals surface area (Å²) >= 11 is 0. The van der Waals surface area contributed by atoms with E-state index in [1.165, 1.54) is 12.0 Å². The fourth-order valence-corrected chi connectivity index (χ4v) is 4.59. The molecule has 3 aromatic heterocycles. The Balaban J connectivity index is 1.34. The Kier molecular flexibility index (Phi) is 4.93. The van der Waals surface area contributed by atoms with Crippen LogP contribution in [0.25, 0.3) is 11.1 Å². The van der Waals surface area contributed by atoms with E-state index in [0.29, 0.717) is 34.1 Å². The summed E-state index contributed by atoms with van der Waals surface area (Å²) < 4.78 is 16.5. The number of hydrogen-bond acceptors (Lipinski definition) is 9. The van der Waals surface area contributed by atoms with Gasteiger partial charge in [0.15, 0.2) is 11.1 Å². The molecule has 3 N–H and O–H groups in total. The number of methoxy groups -OCH3 is 1. The second kappa shape index (κ2) is 8.08. The van der Waals surface area contributed by atoms with Gasteiger partial charge in [-0.25, -0.2) is 9.78 Å². The number of amides is 4. The van der Waals surface area contributed by atoms with Gasteiger partial charge in [0.05, 0.1) is 19.3 Å². The lowest BCUT2D eigenvalue weighted by Crippen LogP contribution is -2.52. The minimum atomic E-state index is -1.63. The molecule has 5 heterocycles. The van der Waals surface area contributed by atoms with Gasteiger partial charge in [-0.3, -0.25) is 14.9 Å². The van der Waals surface area contributed by atoms with Crippen LogP contribution in [0.4, 0.5) is 16.5 Å². The summed E-state index contributed by atoms with van der Waals surface area (Å²) in [6.45, 7) is 3.85. The van der Waals surface area contributed by atoms with E-state index in [9.17, 15) is 14.4 Å². The second-order valence-electron chi connectivity index (χ2n) is 9.04. The molecular formula is C25H22N6O6. The third-order valence-electron chi connectivity index (χ3n) is 6.76. The van der Waals surface area contributed by atoms with Crippen molar-refractivity contribution in [3.05, 3.63) is 64.5 Å². The number of benzene rings is 1. The van der Waals surface area contributed by atoms with Crippen molar-refractivity contribution in [2.75, 3.05) is 19.0 Å². The van der Waals surface area contributed by atoms with Crippen molar-refractivity contribution in [1.29, 1.82) is 0 Å². The number of aromatic nitrogens is 2. The van der Waals surface area contributed by atoms with E-state index < -0.39 is 17.5 Å². The molecule has 0 saturated carbocycles. The Labute approximate surface area is 209 Å². The molecule has 0 aliphatic carbocycles. The predicted molar refractivity (Wildman–Crippen MR) is 129 cm³/mol. The van der Waals surface area contributed by atoms with Gasteiger partial charge in [0.25, 0.3) is 11.8 Å². The highest BCUT2D eigenvalue weighted by molar-refractivity contribution is 6.08. The van der Waals surface area contributed by atoms with Crippen LogP contribution in [0.1, 0.15) is 32.9 Å². The standard InChI is InChI=1S/C25H22N6O6/c1-12-13(2)30-37-21(12)27-20-7-6-18-17(26-20)9-19(36-18)25(23(33)28-24(34)29-25)11-31-10-14-4-5-15(35-3)8-16(14)22(31)32/h4-9H,10-11H2,1-3H3,(H,26,27)(H2,28,29,33,34)/t25-/m0/s1. The molecule has 2 aliphatic rings. The number of anilines is 2. The molecule has 4 aromatic rings. The van der Waals surface area contributed by atoms with E-state index in [0.717, 1.165) is 16.8 Å². The van der Waals surface area contributed by atoms with Gasteiger partial charge < -0.3 is 29.2 Å². The molecule has 12 heteroatoms. The van der Waals surface area contributed by atoms with Crippen LogP contribution in [0.2, 0.25) is 0 Å². The topological polar surface area (TPSA) is 152 Å². The zero-order valence-electron chi connectivity index (χ0n) is 20.2. The maximum absolute atomic E-state index is 13.2. The summed E-state index contributed by atoms with van der Waals surface area (Å²) in [7, 11) is 1.52. The van der Waals surface area contributed by atoms with Gasteiger partial charge in [-0.1, -0.05) is 11.2 Å². The highest BCUT2D eigenvalue weighted by Crippen LogP contribution is 2.35. The number of rotatable bonds is 6. The molecule has 1 aromatic carbocycles. The molecule has 0 spiro atoms. The second-order valence-corrected chi connectivity index (χ2v) is 9.04. The highest BCUT2D eigenvalue weighted by Gasteiger charge is 2.53. The minimum absolute atomic E-state index is 0.137. The van der Waals surface area contributed by atoms with Crippen LogP contribution in [-0.4, -0.2) is 46.5 Å². The number of aryl methyl sites for hydroxylation is 1. The number of nitrogens with one attached hydrogen (secondary N) is 3. The summed E-state index contributed by atoms with van der Waals surface area (Å²) in [5, 5.41) is 12.0. The van der Waals surface area contributed by atoms with Gasteiger partial charge >= 0.3 is 6.03 Å². The zero-order chi connectivity index (χ0) is 25.9. The smallest absolute Gasteiger partial charge is 0.322 e. The van der Waals surface area contributed by atoms with Crippen LogP contribution in [0.3, 0.4) is 0 Å². The molecule has 1 saturated heterocycles. The number of nitrogens with zero attached hydrogens (tertiary/aromatic N) is 3. The summed E-state index contributed by atoms with van der Waals surface area (Å²) in [6, 6.07) is 9.54. The van der Waals surface area contributed by atoms with Crippen molar-refractivity contribution in [3.63, 3.8) is 0 Å². The van der Waals surface area contributed by atoms with Gasteiger partial charge in [-0.15, -0.1) is 0 Å². The first-order valence-corrected chi connectivity index (χ1v) is 11.5. The van der Waals surface area contributed by atoms with Crippen LogP contribution in [-0.2, 0) is 16.9 Å². The van der Waals surface area contributed by atoms with E-state index in [1.807, 2.05) is 19.9 Å². The largest absolute Gasteiger partial charge is 0.497 e. The van der Waals surface area contributed by atoms with E-state index in [2.05, 4.69) is 26.1 Å². The molecule has 0 radical (unpaired) electrons. The molecule has 6 rings (SSSR count). The molecule has 2 aliphatic heterocycles. The molecule has 1 atom stereocenters. The number of imide groups is 1. The summed E-state index contributed by atoms with van der Waals surface area (Å²) in [5.74, 6) is 0.759. The van der Waals surface area contributed by atoms with Crippen LogP contribution in [0.15, 0.2) is 45.3 Å². The number of furan rings is 1. The maximum Gasteiger partial charge on any atom is 0.322 e. The van der Waals surface area contributed by atoms with Crippen molar-refractivity contribution in [2.24, 2.45) is 0 Å². The Morgan fingerprint density at radius 1 is 1.16 bits per heavy atom. The molecule has 4 amide bonds. The van der Waals surface area contributed by atoms with E-state index in [1.54, 1.807) is 30.3 Å². The lowest BCUT2D eigenvalue weighted by molar-refractivity contribution is -0.125. The molecule has 12 nitrogen and oxygen atoms in total. The van der Waals surface area contributed by atoms with Crippen molar-refractivity contribution >= 4 is 40.6 Å². The fourth-order valence-electron chi connectivity index (χ4n) is 4.59. The van der Waals surface area contributed by atoms with Gasteiger partial charge in [-0.2, -0.15) is 0 Å².